The summed E-state index contributed by atoms with van der Waals surface area (Å²) in [7, 11) is 0. The van der Waals surface area contributed by atoms with Crippen LogP contribution in [0.3, 0.4) is 0 Å². The molecule has 0 aliphatic heterocycles. The quantitative estimate of drug-likeness (QED) is 0.845. The number of nitrogens with one attached hydrogen (secondary N) is 1. The van der Waals surface area contributed by atoms with Gasteiger partial charge < -0.3 is 5.32 Å². The number of carbonyl (C=O) groups is 1. The van der Waals surface area contributed by atoms with E-state index < -0.39 is 5.54 Å². The number of amides is 1. The molecule has 1 aromatic rings. The summed E-state index contributed by atoms with van der Waals surface area (Å²) >= 11 is 1.49. The van der Waals surface area contributed by atoms with Crippen LogP contribution in [0.15, 0.2) is 23.1 Å². The van der Waals surface area contributed by atoms with Gasteiger partial charge in [-0.25, -0.2) is 0 Å². The molecule has 0 fully saturated rings. The summed E-state index contributed by atoms with van der Waals surface area (Å²) in [4.78, 5) is 13.0. The summed E-state index contributed by atoms with van der Waals surface area (Å²) in [5.41, 5.74) is 1.66. The lowest BCUT2D eigenvalue weighted by atomic mass is 9.90. The zero-order valence-electron chi connectivity index (χ0n) is 12.8. The summed E-state index contributed by atoms with van der Waals surface area (Å²) in [5.74, 6) is 0.293. The molecule has 1 atom stereocenters. The highest BCUT2D eigenvalue weighted by atomic mass is 32.2. The predicted molar refractivity (Wildman–Crippen MR) is 83.6 cm³/mol. The highest BCUT2D eigenvalue weighted by Gasteiger charge is 2.29. The van der Waals surface area contributed by atoms with Crippen LogP contribution in [0.4, 0.5) is 0 Å². The molecule has 1 amide bonds. The van der Waals surface area contributed by atoms with Crippen molar-refractivity contribution in [3.63, 3.8) is 0 Å². The standard InChI is InChI=1S/C16H22N2OS/c1-11(2)16(5,10-17)18-15(19)9-20-14-7-6-12(3)13(4)8-14/h6-8,11H,9H2,1-5H3,(H,18,19). The average molecular weight is 290 g/mol. The maximum absolute atomic E-state index is 12.0. The minimum absolute atomic E-state index is 0.0723. The Morgan fingerprint density at radius 1 is 1.40 bits per heavy atom. The number of nitrogens with zero attached hydrogens (tertiary/aromatic N) is 1. The van der Waals surface area contributed by atoms with E-state index in [0.29, 0.717) is 5.75 Å². The van der Waals surface area contributed by atoms with Crippen molar-refractivity contribution in [2.24, 2.45) is 5.92 Å². The summed E-state index contributed by atoms with van der Waals surface area (Å²) in [6.07, 6.45) is 0. The number of hydrogen-bond acceptors (Lipinski definition) is 3. The lowest BCUT2D eigenvalue weighted by Gasteiger charge is -2.27. The van der Waals surface area contributed by atoms with Crippen molar-refractivity contribution in [1.82, 2.24) is 5.32 Å². The van der Waals surface area contributed by atoms with Gasteiger partial charge in [-0.05, 0) is 49.9 Å². The van der Waals surface area contributed by atoms with Crippen LogP contribution in [-0.4, -0.2) is 17.2 Å². The van der Waals surface area contributed by atoms with Gasteiger partial charge in [-0.1, -0.05) is 19.9 Å². The minimum atomic E-state index is -0.805. The molecule has 0 spiro atoms. The molecule has 3 nitrogen and oxygen atoms in total. The van der Waals surface area contributed by atoms with Crippen LogP contribution in [0.25, 0.3) is 0 Å². The molecule has 1 aromatic carbocycles. The first-order valence-electron chi connectivity index (χ1n) is 6.71. The fourth-order valence-electron chi connectivity index (χ4n) is 1.58. The normalized spacial score (nSPS) is 13.7. The summed E-state index contributed by atoms with van der Waals surface area (Å²) < 4.78 is 0. The zero-order valence-corrected chi connectivity index (χ0v) is 13.6. The Hall–Kier alpha value is -1.47. The third-order valence-electron chi connectivity index (χ3n) is 3.63. The van der Waals surface area contributed by atoms with Gasteiger partial charge in [0.2, 0.25) is 5.91 Å². The SMILES string of the molecule is Cc1ccc(SCC(=O)NC(C)(C#N)C(C)C)cc1C. The molecule has 0 aromatic heterocycles. The second-order valence-electron chi connectivity index (χ2n) is 5.55. The van der Waals surface area contributed by atoms with E-state index >= 15 is 0 Å². The topological polar surface area (TPSA) is 52.9 Å². The van der Waals surface area contributed by atoms with Crippen LogP contribution in [0.5, 0.6) is 0 Å². The number of aryl methyl sites for hydroxylation is 2. The third kappa shape index (κ3) is 4.28. The maximum Gasteiger partial charge on any atom is 0.231 e. The fourth-order valence-corrected chi connectivity index (χ4v) is 2.37. The Bertz CT molecular complexity index is 534. The number of rotatable bonds is 5. The first kappa shape index (κ1) is 16.6. The molecule has 20 heavy (non-hydrogen) atoms. The minimum Gasteiger partial charge on any atom is -0.337 e. The zero-order chi connectivity index (χ0) is 15.3. The summed E-state index contributed by atoms with van der Waals surface area (Å²) in [6, 6.07) is 8.34. The van der Waals surface area contributed by atoms with Crippen LogP contribution in [0.1, 0.15) is 31.9 Å². The fraction of sp³-hybridized carbons (Fsp3) is 0.500. The highest BCUT2D eigenvalue weighted by molar-refractivity contribution is 8.00. The van der Waals surface area contributed by atoms with E-state index in [2.05, 4.69) is 37.4 Å². The number of nitriles is 1. The van der Waals surface area contributed by atoms with E-state index in [-0.39, 0.29) is 11.8 Å². The maximum atomic E-state index is 12.0. The van der Waals surface area contributed by atoms with Gasteiger partial charge in [0.25, 0.3) is 0 Å². The number of thioether (sulfide) groups is 1. The molecule has 0 bridgehead atoms. The van der Waals surface area contributed by atoms with Crippen LogP contribution in [-0.2, 0) is 4.79 Å². The van der Waals surface area contributed by atoms with E-state index in [0.717, 1.165) is 4.90 Å². The Kier molecular flexibility index (Phi) is 5.64. The first-order valence-corrected chi connectivity index (χ1v) is 7.69. The van der Waals surface area contributed by atoms with Crippen molar-refractivity contribution >= 4 is 17.7 Å². The van der Waals surface area contributed by atoms with Gasteiger partial charge in [-0.2, -0.15) is 5.26 Å². The second-order valence-corrected chi connectivity index (χ2v) is 6.60. The Labute approximate surface area is 125 Å². The van der Waals surface area contributed by atoms with Crippen molar-refractivity contribution < 1.29 is 4.79 Å². The molecule has 0 radical (unpaired) electrons. The van der Waals surface area contributed by atoms with Crippen LogP contribution in [0.2, 0.25) is 0 Å². The smallest absolute Gasteiger partial charge is 0.231 e. The Balaban J connectivity index is 2.60. The molecule has 1 unspecified atom stereocenters. The van der Waals surface area contributed by atoms with Gasteiger partial charge in [-0.3, -0.25) is 4.79 Å². The van der Waals surface area contributed by atoms with Gasteiger partial charge in [0.1, 0.15) is 5.54 Å². The summed E-state index contributed by atoms with van der Waals surface area (Å²) in [6.45, 7) is 9.75. The molecule has 0 saturated heterocycles. The largest absolute Gasteiger partial charge is 0.337 e. The number of carbonyl (C=O) groups excluding carboxylic acids is 1. The monoisotopic (exact) mass is 290 g/mol. The van der Waals surface area contributed by atoms with Crippen molar-refractivity contribution in [2.45, 2.75) is 45.1 Å². The van der Waals surface area contributed by atoms with Crippen LogP contribution < -0.4 is 5.32 Å². The van der Waals surface area contributed by atoms with E-state index in [1.807, 2.05) is 19.9 Å². The molecule has 108 valence electrons. The van der Waals surface area contributed by atoms with E-state index in [1.165, 1.54) is 22.9 Å². The lowest BCUT2D eigenvalue weighted by Crippen LogP contribution is -2.49. The van der Waals surface area contributed by atoms with Crippen LogP contribution in [0, 0.1) is 31.1 Å². The Morgan fingerprint density at radius 3 is 2.55 bits per heavy atom. The lowest BCUT2D eigenvalue weighted by molar-refractivity contribution is -0.120. The molecule has 0 heterocycles. The average Bonchev–Trinajstić information content (AvgIpc) is 2.39. The van der Waals surface area contributed by atoms with Gasteiger partial charge >= 0.3 is 0 Å². The molecular formula is C16H22N2OS. The van der Waals surface area contributed by atoms with Crippen molar-refractivity contribution in [3.8, 4) is 6.07 Å². The van der Waals surface area contributed by atoms with Gasteiger partial charge in [0.15, 0.2) is 0 Å². The third-order valence-corrected chi connectivity index (χ3v) is 4.63. The molecule has 0 aliphatic carbocycles. The van der Waals surface area contributed by atoms with Crippen molar-refractivity contribution in [3.05, 3.63) is 29.3 Å². The Morgan fingerprint density at radius 2 is 2.05 bits per heavy atom. The number of benzene rings is 1. The van der Waals surface area contributed by atoms with Crippen LogP contribution >= 0.6 is 11.8 Å². The van der Waals surface area contributed by atoms with Gasteiger partial charge in [0, 0.05) is 4.90 Å². The van der Waals surface area contributed by atoms with E-state index in [1.54, 1.807) is 6.92 Å². The molecule has 0 aliphatic rings. The molecule has 4 heteroatoms. The summed E-state index contributed by atoms with van der Waals surface area (Å²) in [5, 5.41) is 12.0. The number of hydrogen-bond donors (Lipinski definition) is 1. The van der Waals surface area contributed by atoms with Crippen molar-refractivity contribution in [1.29, 1.82) is 5.26 Å². The van der Waals surface area contributed by atoms with E-state index in [4.69, 9.17) is 0 Å². The first-order chi connectivity index (χ1) is 9.28. The highest BCUT2D eigenvalue weighted by Crippen LogP contribution is 2.21. The van der Waals surface area contributed by atoms with Gasteiger partial charge in [0.05, 0.1) is 11.8 Å². The molecular weight excluding hydrogens is 268 g/mol. The van der Waals surface area contributed by atoms with Gasteiger partial charge in [-0.15, -0.1) is 11.8 Å². The van der Waals surface area contributed by atoms with E-state index in [9.17, 15) is 10.1 Å². The second kappa shape index (κ2) is 6.81. The molecule has 0 saturated carbocycles. The van der Waals surface area contributed by atoms with Crippen molar-refractivity contribution in [2.75, 3.05) is 5.75 Å². The molecule has 1 N–H and O–H groups in total. The predicted octanol–water partition coefficient (Wildman–Crippen LogP) is 3.45. The molecule has 1 rings (SSSR count).